The van der Waals surface area contributed by atoms with Gasteiger partial charge in [-0.1, -0.05) is 12.1 Å². The zero-order valence-electron chi connectivity index (χ0n) is 26.3. The number of aromatic nitrogens is 4. The predicted molar refractivity (Wildman–Crippen MR) is 166 cm³/mol. The lowest BCUT2D eigenvalue weighted by molar-refractivity contribution is -0.129. The van der Waals surface area contributed by atoms with Crippen LogP contribution in [-0.2, 0) is 16.6 Å². The lowest BCUT2D eigenvalue weighted by Crippen LogP contribution is -2.35. The molecule has 6 rings (SSSR count). The van der Waals surface area contributed by atoms with Crippen LogP contribution in [0.2, 0.25) is 0 Å². The summed E-state index contributed by atoms with van der Waals surface area (Å²) in [6.07, 6.45) is 6.23. The normalized spacial score (nSPS) is 21.7. The molecule has 0 unspecified atom stereocenters. The highest BCUT2D eigenvalue weighted by molar-refractivity contribution is 5.92. The van der Waals surface area contributed by atoms with Crippen molar-refractivity contribution in [3.8, 4) is 22.6 Å². The molecule has 9 heteroatoms. The second kappa shape index (κ2) is 11.3. The molecule has 0 aliphatic carbocycles. The maximum Gasteiger partial charge on any atom is 0.223 e. The molecule has 43 heavy (non-hydrogen) atoms. The lowest BCUT2D eigenvalue weighted by Gasteiger charge is -2.35. The van der Waals surface area contributed by atoms with E-state index in [1.165, 1.54) is 0 Å². The molecule has 0 bridgehead atoms. The molecule has 0 saturated carbocycles. The number of fused-ring (bicyclic) bond motifs is 1. The average molecular weight is 586 g/mol. The second-order valence-corrected chi connectivity index (χ2v) is 12.8. The summed E-state index contributed by atoms with van der Waals surface area (Å²) in [4.78, 5) is 15.1. The van der Waals surface area contributed by atoms with E-state index in [0.717, 1.165) is 64.2 Å². The molecule has 9 nitrogen and oxygen atoms in total. The van der Waals surface area contributed by atoms with Crippen molar-refractivity contribution in [2.24, 2.45) is 13.0 Å². The molecule has 2 saturated heterocycles. The van der Waals surface area contributed by atoms with E-state index in [2.05, 4.69) is 57.6 Å². The number of carbonyl (C=O) groups is 1. The van der Waals surface area contributed by atoms with Gasteiger partial charge in [0.2, 0.25) is 5.91 Å². The van der Waals surface area contributed by atoms with Gasteiger partial charge in [0.25, 0.3) is 0 Å². The Hall–Kier alpha value is -3.85. The summed E-state index contributed by atoms with van der Waals surface area (Å²) in [5.74, 6) is 1.83. The van der Waals surface area contributed by atoms with E-state index >= 15 is 0 Å². The summed E-state index contributed by atoms with van der Waals surface area (Å²) in [6.45, 7) is 11.9. The largest absolute Gasteiger partial charge is 0.497 e. The predicted octanol–water partition coefficient (Wildman–Crippen LogP) is 6.26. The molecule has 2 aromatic heterocycles. The first-order chi connectivity index (χ1) is 20.5. The Kier molecular flexibility index (Phi) is 7.71. The van der Waals surface area contributed by atoms with E-state index in [9.17, 15) is 4.79 Å². The number of aryl methyl sites for hydroxylation is 2. The Labute approximate surface area is 253 Å². The van der Waals surface area contributed by atoms with Gasteiger partial charge in [-0.05, 0) is 82.9 Å². The van der Waals surface area contributed by atoms with Gasteiger partial charge in [-0.3, -0.25) is 14.2 Å². The van der Waals surface area contributed by atoms with Crippen LogP contribution >= 0.6 is 0 Å². The number of hydrogen-bond donors (Lipinski definition) is 0. The molecule has 4 aromatic rings. The summed E-state index contributed by atoms with van der Waals surface area (Å²) in [5, 5.41) is 10.5. The Bertz CT molecular complexity index is 1620. The zero-order valence-corrected chi connectivity index (χ0v) is 26.3. The maximum atomic E-state index is 13.2. The van der Waals surface area contributed by atoms with Gasteiger partial charge in [0.05, 0.1) is 41.9 Å². The minimum atomic E-state index is -0.165. The van der Waals surface area contributed by atoms with Gasteiger partial charge in [0.15, 0.2) is 0 Å². The number of nitrogens with zero attached hydrogens (tertiary/aromatic N) is 5. The van der Waals surface area contributed by atoms with Crippen LogP contribution in [0.3, 0.4) is 0 Å². The minimum Gasteiger partial charge on any atom is -0.497 e. The number of methoxy groups -OCH3 is 1. The quantitative estimate of drug-likeness (QED) is 0.243. The van der Waals surface area contributed by atoms with E-state index < -0.39 is 0 Å². The summed E-state index contributed by atoms with van der Waals surface area (Å²) < 4.78 is 21.9. The SMILES string of the molecule is COc1ccc([C@H](C)N2C[C@H]([C@@H](C)Oc3cc(-c4cnn([C@@H]5CCOC(C)(C)C5)c4)cc4nn(C)c(C)c34)CC2=O)cc1. The molecule has 228 valence electrons. The smallest absolute Gasteiger partial charge is 0.223 e. The topological polar surface area (TPSA) is 83.6 Å². The standard InChI is InChI=1S/C34H43N5O4/c1-21(24-8-10-29(41-7)11-9-24)38-19-26(16-32(38)40)23(3)43-31-15-25(14-30-33(31)22(2)37(6)36-30)27-18-35-39(20-27)28-12-13-42-34(4,5)17-28/h8-11,14-15,18,20-21,23,26,28H,12-13,16-17,19H2,1-7H3/t21-,23+,26+,28+/m0/s1. The van der Waals surface area contributed by atoms with E-state index in [0.29, 0.717) is 19.0 Å². The first-order valence-electron chi connectivity index (χ1n) is 15.3. The Morgan fingerprint density at radius 1 is 1.12 bits per heavy atom. The first kappa shape index (κ1) is 29.2. The molecule has 0 radical (unpaired) electrons. The molecule has 2 fully saturated rings. The first-order valence-corrected chi connectivity index (χ1v) is 15.3. The number of benzene rings is 2. The van der Waals surface area contributed by atoms with Crippen molar-refractivity contribution in [1.82, 2.24) is 24.5 Å². The van der Waals surface area contributed by atoms with Crippen molar-refractivity contribution in [3.05, 3.63) is 60.0 Å². The molecular weight excluding hydrogens is 542 g/mol. The van der Waals surface area contributed by atoms with Crippen molar-refractivity contribution in [3.63, 3.8) is 0 Å². The third-order valence-corrected chi connectivity index (χ3v) is 9.40. The molecule has 1 amide bonds. The number of likely N-dealkylation sites (tertiary alicyclic amines) is 1. The van der Waals surface area contributed by atoms with Gasteiger partial charge < -0.3 is 19.1 Å². The van der Waals surface area contributed by atoms with Crippen LogP contribution in [-0.4, -0.2) is 62.3 Å². The van der Waals surface area contributed by atoms with Crippen molar-refractivity contribution in [1.29, 1.82) is 0 Å². The highest BCUT2D eigenvalue weighted by atomic mass is 16.5. The van der Waals surface area contributed by atoms with Gasteiger partial charge in [-0.25, -0.2) is 0 Å². The fourth-order valence-electron chi connectivity index (χ4n) is 6.62. The van der Waals surface area contributed by atoms with Crippen molar-refractivity contribution in [2.45, 2.75) is 77.7 Å². The second-order valence-electron chi connectivity index (χ2n) is 12.8. The molecule has 4 atom stereocenters. The van der Waals surface area contributed by atoms with Crippen LogP contribution in [0.15, 0.2) is 48.8 Å². The highest BCUT2D eigenvalue weighted by Crippen LogP contribution is 2.38. The summed E-state index contributed by atoms with van der Waals surface area (Å²) in [5.41, 5.74) is 4.91. The average Bonchev–Trinajstić information content (AvgIpc) is 3.70. The van der Waals surface area contributed by atoms with Crippen LogP contribution in [0, 0.1) is 12.8 Å². The number of ether oxygens (including phenoxy) is 3. The third kappa shape index (κ3) is 5.75. The number of rotatable bonds is 8. The van der Waals surface area contributed by atoms with E-state index in [1.54, 1.807) is 7.11 Å². The zero-order chi connectivity index (χ0) is 30.5. The maximum absolute atomic E-state index is 13.2. The monoisotopic (exact) mass is 585 g/mol. The van der Waals surface area contributed by atoms with Gasteiger partial charge in [0.1, 0.15) is 17.6 Å². The summed E-state index contributed by atoms with van der Waals surface area (Å²) in [7, 11) is 3.62. The molecule has 2 aromatic carbocycles. The van der Waals surface area contributed by atoms with Crippen LogP contribution in [0.5, 0.6) is 11.5 Å². The summed E-state index contributed by atoms with van der Waals surface area (Å²) in [6, 6.07) is 12.5. The van der Waals surface area contributed by atoms with Crippen molar-refractivity contribution < 1.29 is 19.0 Å². The number of hydrogen-bond acceptors (Lipinski definition) is 6. The van der Waals surface area contributed by atoms with E-state index in [-0.39, 0.29) is 29.6 Å². The van der Waals surface area contributed by atoms with Gasteiger partial charge in [0, 0.05) is 50.0 Å². The fraction of sp³-hybridized carbons (Fsp3) is 0.500. The van der Waals surface area contributed by atoms with E-state index in [4.69, 9.17) is 24.4 Å². The molecule has 2 aliphatic heterocycles. The van der Waals surface area contributed by atoms with Crippen LogP contribution in [0.4, 0.5) is 0 Å². The van der Waals surface area contributed by atoms with Crippen LogP contribution in [0.25, 0.3) is 22.0 Å². The fourth-order valence-corrected chi connectivity index (χ4v) is 6.62. The van der Waals surface area contributed by atoms with Crippen LogP contribution in [0.1, 0.15) is 70.3 Å². The third-order valence-electron chi connectivity index (χ3n) is 9.40. The van der Waals surface area contributed by atoms with Gasteiger partial charge >= 0.3 is 0 Å². The van der Waals surface area contributed by atoms with Gasteiger partial charge in [-0.15, -0.1) is 0 Å². The number of carbonyl (C=O) groups excluding carboxylic acids is 1. The molecule has 4 heterocycles. The Balaban J connectivity index is 1.24. The highest BCUT2D eigenvalue weighted by Gasteiger charge is 2.37. The molecule has 0 N–H and O–H groups in total. The molecule has 2 aliphatic rings. The lowest BCUT2D eigenvalue weighted by atomic mass is 9.94. The van der Waals surface area contributed by atoms with E-state index in [1.807, 2.05) is 47.1 Å². The van der Waals surface area contributed by atoms with Crippen molar-refractivity contribution in [2.75, 3.05) is 20.3 Å². The van der Waals surface area contributed by atoms with Crippen molar-refractivity contribution >= 4 is 16.8 Å². The number of amides is 1. The Morgan fingerprint density at radius 2 is 1.88 bits per heavy atom. The Morgan fingerprint density at radius 3 is 2.60 bits per heavy atom. The van der Waals surface area contributed by atoms with Crippen LogP contribution < -0.4 is 9.47 Å². The molecular formula is C34H43N5O4. The van der Waals surface area contributed by atoms with Gasteiger partial charge in [-0.2, -0.15) is 10.2 Å². The summed E-state index contributed by atoms with van der Waals surface area (Å²) >= 11 is 0. The minimum absolute atomic E-state index is 0.0240. The molecule has 0 spiro atoms.